The first-order valence-electron chi connectivity index (χ1n) is 10.8. The van der Waals surface area contributed by atoms with Crippen LogP contribution in [-0.4, -0.2) is 52.5 Å². The van der Waals surface area contributed by atoms with Gasteiger partial charge in [0.25, 0.3) is 0 Å². The number of Topliss-reactive ketones (excluding diaryl/α,β-unsaturated/α-hetero) is 1. The van der Waals surface area contributed by atoms with Crippen LogP contribution >= 0.6 is 15.9 Å². The second-order valence-corrected chi connectivity index (χ2v) is 9.22. The molecule has 0 amide bonds. The summed E-state index contributed by atoms with van der Waals surface area (Å²) in [5, 5.41) is 4.26. The summed E-state index contributed by atoms with van der Waals surface area (Å²) in [7, 11) is 0. The number of halogens is 1. The molecule has 1 unspecified atom stereocenters. The lowest BCUT2D eigenvalue weighted by molar-refractivity contribution is -0.119. The smallest absolute Gasteiger partial charge is 0.168 e. The van der Waals surface area contributed by atoms with Gasteiger partial charge in [-0.1, -0.05) is 34.5 Å². The number of piperidine rings is 1. The Bertz CT molecular complexity index is 1100. The molecule has 0 aliphatic carbocycles. The number of rotatable bonds is 7. The van der Waals surface area contributed by atoms with Crippen LogP contribution in [0.3, 0.4) is 0 Å². The number of aromatic nitrogens is 2. The fraction of sp³-hybridized carbons (Fsp3) is 0.375. The van der Waals surface area contributed by atoms with Crippen molar-refractivity contribution in [2.45, 2.75) is 37.9 Å². The van der Waals surface area contributed by atoms with Crippen LogP contribution in [0.4, 0.5) is 11.5 Å². The summed E-state index contributed by atoms with van der Waals surface area (Å²) in [4.78, 5) is 24.0. The fourth-order valence-electron chi connectivity index (χ4n) is 4.28. The number of hydrogen-bond acceptors (Lipinski definition) is 6. The Labute approximate surface area is 190 Å². The highest BCUT2D eigenvalue weighted by atomic mass is 79.9. The summed E-state index contributed by atoms with van der Waals surface area (Å²) in [5.41, 5.74) is 2.73. The van der Waals surface area contributed by atoms with Gasteiger partial charge in [-0.2, -0.15) is 0 Å². The third kappa shape index (κ3) is 4.95. The average Bonchev–Trinajstić information content (AvgIpc) is 3.54. The number of carbonyl (C=O) groups excluding carboxylic acids is 1. The molecule has 7 heteroatoms. The summed E-state index contributed by atoms with van der Waals surface area (Å²) < 4.78 is 6.71. The Morgan fingerprint density at radius 1 is 1.13 bits per heavy atom. The lowest BCUT2D eigenvalue weighted by atomic mass is 10.0. The second kappa shape index (κ2) is 9.02. The fourth-order valence-corrected chi connectivity index (χ4v) is 4.68. The van der Waals surface area contributed by atoms with E-state index >= 15 is 0 Å². The average molecular weight is 481 g/mol. The van der Waals surface area contributed by atoms with Crippen LogP contribution in [0, 0.1) is 0 Å². The van der Waals surface area contributed by atoms with Crippen LogP contribution in [0.1, 0.15) is 24.8 Å². The van der Waals surface area contributed by atoms with Crippen molar-refractivity contribution in [3.05, 3.63) is 58.8 Å². The molecule has 3 aromatic rings. The molecule has 1 N–H and O–H groups in total. The minimum absolute atomic E-state index is 0.0585. The summed E-state index contributed by atoms with van der Waals surface area (Å²) in [6, 6.07) is 13.9. The van der Waals surface area contributed by atoms with Gasteiger partial charge in [0.15, 0.2) is 5.78 Å². The van der Waals surface area contributed by atoms with Gasteiger partial charge in [0.05, 0.1) is 5.52 Å². The van der Waals surface area contributed by atoms with Crippen molar-refractivity contribution in [2.24, 2.45) is 0 Å². The molecule has 0 radical (unpaired) electrons. The quantitative estimate of drug-likeness (QED) is 0.502. The predicted octanol–water partition coefficient (Wildman–Crippen LogP) is 4.50. The number of anilines is 2. The van der Waals surface area contributed by atoms with E-state index in [-0.39, 0.29) is 18.0 Å². The Morgan fingerprint density at radius 2 is 2.00 bits per heavy atom. The number of hydrogen-bond donors (Lipinski definition) is 1. The molecule has 2 aromatic carbocycles. The molecular weight excluding hydrogens is 456 g/mol. The highest BCUT2D eigenvalue weighted by molar-refractivity contribution is 9.10. The molecule has 160 valence electrons. The van der Waals surface area contributed by atoms with E-state index in [9.17, 15) is 4.79 Å². The van der Waals surface area contributed by atoms with Gasteiger partial charge in [-0.3, -0.25) is 4.79 Å². The van der Waals surface area contributed by atoms with E-state index in [1.54, 1.807) is 6.33 Å². The van der Waals surface area contributed by atoms with Crippen LogP contribution < -0.4 is 5.32 Å². The zero-order valence-electron chi connectivity index (χ0n) is 17.3. The van der Waals surface area contributed by atoms with Gasteiger partial charge in [-0.05, 0) is 61.8 Å². The molecular formula is C24H25BrN4O2. The zero-order chi connectivity index (χ0) is 21.2. The highest BCUT2D eigenvalue weighted by Crippen LogP contribution is 2.29. The molecule has 2 atom stereocenters. The number of nitrogens with zero attached hydrogens (tertiary/aromatic N) is 3. The molecule has 0 bridgehead atoms. The van der Waals surface area contributed by atoms with Gasteiger partial charge >= 0.3 is 0 Å². The van der Waals surface area contributed by atoms with Crippen LogP contribution in [0.2, 0.25) is 0 Å². The number of carbonyl (C=O) groups is 1. The van der Waals surface area contributed by atoms with Crippen molar-refractivity contribution >= 4 is 44.1 Å². The third-order valence-electron chi connectivity index (χ3n) is 5.95. The number of ether oxygens (including phenoxy) is 1. The summed E-state index contributed by atoms with van der Waals surface area (Å²) >= 11 is 3.49. The number of fused-ring (bicyclic) bond motifs is 1. The second-order valence-electron chi connectivity index (χ2n) is 8.31. The van der Waals surface area contributed by atoms with E-state index in [0.29, 0.717) is 6.42 Å². The SMILES string of the molecule is O=C(Cc1ccc2ncnc(Nc3cccc(Br)c3)c2c1)[C@@H]1OC1CN1CCCCC1. The first kappa shape index (κ1) is 20.5. The normalized spacial score (nSPS) is 21.2. The maximum absolute atomic E-state index is 12.8. The Balaban J connectivity index is 1.28. The van der Waals surface area contributed by atoms with Crippen LogP contribution in [0.5, 0.6) is 0 Å². The largest absolute Gasteiger partial charge is 0.360 e. The molecule has 31 heavy (non-hydrogen) atoms. The van der Waals surface area contributed by atoms with Crippen molar-refractivity contribution in [1.82, 2.24) is 14.9 Å². The lowest BCUT2D eigenvalue weighted by Gasteiger charge is -2.25. The van der Waals surface area contributed by atoms with Gasteiger partial charge in [-0.25, -0.2) is 9.97 Å². The molecule has 2 saturated heterocycles. The maximum atomic E-state index is 12.8. The number of benzene rings is 2. The van der Waals surface area contributed by atoms with Crippen LogP contribution in [0.25, 0.3) is 10.9 Å². The Morgan fingerprint density at radius 3 is 2.84 bits per heavy atom. The van der Waals surface area contributed by atoms with Gasteiger partial charge in [0.1, 0.15) is 24.4 Å². The van der Waals surface area contributed by atoms with E-state index in [1.807, 2.05) is 42.5 Å². The molecule has 0 saturated carbocycles. The van der Waals surface area contributed by atoms with Crippen molar-refractivity contribution in [3.8, 4) is 0 Å². The predicted molar refractivity (Wildman–Crippen MR) is 125 cm³/mol. The lowest BCUT2D eigenvalue weighted by Crippen LogP contribution is -2.34. The summed E-state index contributed by atoms with van der Waals surface area (Å²) in [6.45, 7) is 3.13. The number of nitrogens with one attached hydrogen (secondary N) is 1. The summed E-state index contributed by atoms with van der Waals surface area (Å²) in [6.07, 6.45) is 5.53. The van der Waals surface area contributed by atoms with E-state index in [1.165, 1.54) is 19.3 Å². The summed E-state index contributed by atoms with van der Waals surface area (Å²) in [5.74, 6) is 0.878. The third-order valence-corrected chi connectivity index (χ3v) is 6.45. The first-order valence-corrected chi connectivity index (χ1v) is 11.6. The van der Waals surface area contributed by atoms with E-state index < -0.39 is 0 Å². The minimum Gasteiger partial charge on any atom is -0.360 e. The molecule has 5 rings (SSSR count). The zero-order valence-corrected chi connectivity index (χ0v) is 18.8. The van der Waals surface area contributed by atoms with Crippen LogP contribution in [0.15, 0.2) is 53.3 Å². The topological polar surface area (TPSA) is 70.6 Å². The number of likely N-dealkylation sites (tertiary alicyclic amines) is 1. The van der Waals surface area contributed by atoms with Gasteiger partial charge in [0.2, 0.25) is 0 Å². The number of epoxide rings is 1. The van der Waals surface area contributed by atoms with Crippen molar-refractivity contribution in [2.75, 3.05) is 25.0 Å². The maximum Gasteiger partial charge on any atom is 0.168 e. The monoisotopic (exact) mass is 480 g/mol. The minimum atomic E-state index is -0.260. The van der Waals surface area contributed by atoms with Gasteiger partial charge < -0.3 is 15.0 Å². The number of ketones is 1. The van der Waals surface area contributed by atoms with Crippen LogP contribution in [-0.2, 0) is 16.0 Å². The van der Waals surface area contributed by atoms with Gasteiger partial charge in [0, 0.05) is 28.5 Å². The molecule has 0 spiro atoms. The Kier molecular flexibility index (Phi) is 5.98. The standard InChI is InChI=1S/C24H25BrN4O2/c25-17-5-4-6-18(13-17)28-24-19-11-16(7-8-20(19)26-15-27-24)12-21(30)23-22(31-23)14-29-9-2-1-3-10-29/h4-8,11,13,15,22-23H,1-3,9-10,12,14H2,(H,26,27,28)/t22?,23-/m0/s1. The van der Waals surface area contributed by atoms with Crippen molar-refractivity contribution in [1.29, 1.82) is 0 Å². The van der Waals surface area contributed by atoms with Gasteiger partial charge in [-0.15, -0.1) is 0 Å². The molecule has 6 nitrogen and oxygen atoms in total. The molecule has 1 aromatic heterocycles. The van der Waals surface area contributed by atoms with E-state index in [0.717, 1.165) is 52.1 Å². The molecule has 2 fully saturated rings. The van der Waals surface area contributed by atoms with E-state index in [4.69, 9.17) is 4.74 Å². The van der Waals surface area contributed by atoms with Crippen molar-refractivity contribution in [3.63, 3.8) is 0 Å². The molecule has 2 aliphatic heterocycles. The molecule has 2 aliphatic rings. The van der Waals surface area contributed by atoms with E-state index in [2.05, 4.69) is 36.1 Å². The Hall–Kier alpha value is -2.35. The van der Waals surface area contributed by atoms with Crippen molar-refractivity contribution < 1.29 is 9.53 Å². The molecule has 3 heterocycles. The first-order chi connectivity index (χ1) is 15.2. The highest BCUT2D eigenvalue weighted by Gasteiger charge is 2.45.